The SMILES string of the molecule is COCC1CCN(c2ncnc(N)c2C)C1. The van der Waals surface area contributed by atoms with Gasteiger partial charge < -0.3 is 15.4 Å². The molecule has 1 aromatic rings. The summed E-state index contributed by atoms with van der Waals surface area (Å²) in [5.41, 5.74) is 6.75. The van der Waals surface area contributed by atoms with Crippen molar-refractivity contribution in [2.45, 2.75) is 13.3 Å². The molecule has 0 bridgehead atoms. The van der Waals surface area contributed by atoms with Gasteiger partial charge in [0.15, 0.2) is 0 Å². The minimum Gasteiger partial charge on any atom is -0.384 e. The Morgan fingerprint density at radius 3 is 3.12 bits per heavy atom. The lowest BCUT2D eigenvalue weighted by atomic mass is 10.1. The second kappa shape index (κ2) is 4.65. The lowest BCUT2D eigenvalue weighted by Crippen LogP contribution is -2.23. The van der Waals surface area contributed by atoms with E-state index >= 15 is 0 Å². The third kappa shape index (κ3) is 2.09. The van der Waals surface area contributed by atoms with Gasteiger partial charge in [-0.05, 0) is 13.3 Å². The number of nitrogen functional groups attached to an aromatic ring is 1. The van der Waals surface area contributed by atoms with Gasteiger partial charge in [-0.15, -0.1) is 0 Å². The van der Waals surface area contributed by atoms with E-state index in [1.54, 1.807) is 7.11 Å². The largest absolute Gasteiger partial charge is 0.384 e. The Labute approximate surface area is 95.6 Å². The van der Waals surface area contributed by atoms with Crippen LogP contribution in [-0.4, -0.2) is 36.8 Å². The molecule has 1 unspecified atom stereocenters. The fraction of sp³-hybridized carbons (Fsp3) is 0.636. The van der Waals surface area contributed by atoms with Gasteiger partial charge in [0.2, 0.25) is 0 Å². The first-order chi connectivity index (χ1) is 7.72. The van der Waals surface area contributed by atoms with Gasteiger partial charge in [0.1, 0.15) is 18.0 Å². The van der Waals surface area contributed by atoms with Crippen LogP contribution in [0.4, 0.5) is 11.6 Å². The van der Waals surface area contributed by atoms with E-state index in [1.165, 1.54) is 6.33 Å². The fourth-order valence-corrected chi connectivity index (χ4v) is 2.17. The Balaban J connectivity index is 2.11. The predicted molar refractivity (Wildman–Crippen MR) is 63.4 cm³/mol. The molecule has 16 heavy (non-hydrogen) atoms. The topological polar surface area (TPSA) is 64.3 Å². The van der Waals surface area contributed by atoms with E-state index < -0.39 is 0 Å². The molecular formula is C11H18N4O. The Morgan fingerprint density at radius 1 is 1.56 bits per heavy atom. The molecule has 5 nitrogen and oxygen atoms in total. The molecule has 1 atom stereocenters. The fourth-order valence-electron chi connectivity index (χ4n) is 2.17. The lowest BCUT2D eigenvalue weighted by molar-refractivity contribution is 0.161. The Bertz CT molecular complexity index is 369. The van der Waals surface area contributed by atoms with Gasteiger partial charge in [0.05, 0.1) is 6.61 Å². The van der Waals surface area contributed by atoms with Crippen LogP contribution in [0.1, 0.15) is 12.0 Å². The summed E-state index contributed by atoms with van der Waals surface area (Å²) in [4.78, 5) is 10.6. The summed E-state index contributed by atoms with van der Waals surface area (Å²) in [6, 6.07) is 0. The van der Waals surface area contributed by atoms with Crippen molar-refractivity contribution in [2.24, 2.45) is 5.92 Å². The molecule has 0 radical (unpaired) electrons. The number of nitrogens with two attached hydrogens (primary N) is 1. The zero-order chi connectivity index (χ0) is 11.5. The molecule has 2 rings (SSSR count). The molecule has 1 aliphatic heterocycles. The Hall–Kier alpha value is -1.36. The number of hydrogen-bond donors (Lipinski definition) is 1. The van der Waals surface area contributed by atoms with Crippen molar-refractivity contribution in [3.8, 4) is 0 Å². The standard InChI is InChI=1S/C11H18N4O/c1-8-10(12)13-7-14-11(8)15-4-3-9(5-15)6-16-2/h7,9H,3-6H2,1-2H3,(H2,12,13,14). The second-order valence-electron chi connectivity index (χ2n) is 4.26. The van der Waals surface area contributed by atoms with E-state index in [2.05, 4.69) is 14.9 Å². The van der Waals surface area contributed by atoms with Crippen LogP contribution in [0.15, 0.2) is 6.33 Å². The first kappa shape index (κ1) is 11.1. The molecule has 0 spiro atoms. The normalized spacial score (nSPS) is 20.4. The van der Waals surface area contributed by atoms with Gasteiger partial charge in [-0.1, -0.05) is 0 Å². The summed E-state index contributed by atoms with van der Waals surface area (Å²) in [5.74, 6) is 2.13. The molecule has 1 aliphatic rings. The highest BCUT2D eigenvalue weighted by molar-refractivity contribution is 5.56. The maximum Gasteiger partial charge on any atom is 0.137 e. The van der Waals surface area contributed by atoms with E-state index in [1.807, 2.05) is 6.92 Å². The summed E-state index contributed by atoms with van der Waals surface area (Å²) >= 11 is 0. The third-order valence-corrected chi connectivity index (χ3v) is 3.08. The summed E-state index contributed by atoms with van der Waals surface area (Å²) in [7, 11) is 1.75. The number of methoxy groups -OCH3 is 1. The van der Waals surface area contributed by atoms with Gasteiger partial charge in [0.25, 0.3) is 0 Å². The van der Waals surface area contributed by atoms with Crippen molar-refractivity contribution in [1.82, 2.24) is 9.97 Å². The van der Waals surface area contributed by atoms with Crippen LogP contribution in [0.25, 0.3) is 0 Å². The zero-order valence-corrected chi connectivity index (χ0v) is 9.81. The van der Waals surface area contributed by atoms with Crippen molar-refractivity contribution in [1.29, 1.82) is 0 Å². The highest BCUT2D eigenvalue weighted by atomic mass is 16.5. The predicted octanol–water partition coefficient (Wildman–Crippen LogP) is 0.840. The number of ether oxygens (including phenoxy) is 1. The van der Waals surface area contributed by atoms with Gasteiger partial charge in [-0.25, -0.2) is 9.97 Å². The number of rotatable bonds is 3. The molecule has 1 aromatic heterocycles. The summed E-state index contributed by atoms with van der Waals surface area (Å²) < 4.78 is 5.18. The second-order valence-corrected chi connectivity index (χ2v) is 4.26. The van der Waals surface area contributed by atoms with Crippen molar-refractivity contribution in [3.05, 3.63) is 11.9 Å². The molecule has 0 aromatic carbocycles. The van der Waals surface area contributed by atoms with Crippen LogP contribution < -0.4 is 10.6 Å². The summed E-state index contributed by atoms with van der Waals surface area (Å²) in [6.07, 6.45) is 2.68. The molecule has 5 heteroatoms. The summed E-state index contributed by atoms with van der Waals surface area (Å²) in [6.45, 7) is 4.79. The van der Waals surface area contributed by atoms with Gasteiger partial charge >= 0.3 is 0 Å². The van der Waals surface area contributed by atoms with Gasteiger partial charge in [0, 0.05) is 31.7 Å². The first-order valence-corrected chi connectivity index (χ1v) is 5.53. The molecule has 1 fully saturated rings. The van der Waals surface area contributed by atoms with Crippen LogP contribution in [-0.2, 0) is 4.74 Å². The monoisotopic (exact) mass is 222 g/mol. The number of nitrogens with zero attached hydrogens (tertiary/aromatic N) is 3. The van der Waals surface area contributed by atoms with Crippen LogP contribution in [0, 0.1) is 12.8 Å². The van der Waals surface area contributed by atoms with Crippen LogP contribution in [0.5, 0.6) is 0 Å². The molecule has 2 N–H and O–H groups in total. The van der Waals surface area contributed by atoms with Crippen LogP contribution in [0.2, 0.25) is 0 Å². The molecular weight excluding hydrogens is 204 g/mol. The minimum absolute atomic E-state index is 0.570. The minimum atomic E-state index is 0.570. The maximum atomic E-state index is 5.78. The highest BCUT2D eigenvalue weighted by Crippen LogP contribution is 2.26. The molecule has 1 saturated heterocycles. The summed E-state index contributed by atoms with van der Waals surface area (Å²) in [5, 5.41) is 0. The van der Waals surface area contributed by atoms with Gasteiger partial charge in [-0.3, -0.25) is 0 Å². The van der Waals surface area contributed by atoms with Gasteiger partial charge in [-0.2, -0.15) is 0 Å². The van der Waals surface area contributed by atoms with E-state index in [4.69, 9.17) is 10.5 Å². The quantitative estimate of drug-likeness (QED) is 0.821. The molecule has 0 aliphatic carbocycles. The average Bonchev–Trinajstić information content (AvgIpc) is 2.71. The van der Waals surface area contributed by atoms with E-state index in [0.29, 0.717) is 11.7 Å². The third-order valence-electron chi connectivity index (χ3n) is 3.08. The molecule has 0 amide bonds. The number of hydrogen-bond acceptors (Lipinski definition) is 5. The van der Waals surface area contributed by atoms with Crippen molar-refractivity contribution in [3.63, 3.8) is 0 Å². The smallest absolute Gasteiger partial charge is 0.137 e. The Kier molecular flexibility index (Phi) is 3.24. The highest BCUT2D eigenvalue weighted by Gasteiger charge is 2.24. The lowest BCUT2D eigenvalue weighted by Gasteiger charge is -2.19. The van der Waals surface area contributed by atoms with Crippen molar-refractivity contribution in [2.75, 3.05) is 37.4 Å². The van der Waals surface area contributed by atoms with E-state index in [-0.39, 0.29) is 0 Å². The van der Waals surface area contributed by atoms with Crippen LogP contribution in [0.3, 0.4) is 0 Å². The molecule has 0 saturated carbocycles. The van der Waals surface area contributed by atoms with Crippen LogP contribution >= 0.6 is 0 Å². The Morgan fingerprint density at radius 2 is 2.38 bits per heavy atom. The molecule has 88 valence electrons. The molecule has 2 heterocycles. The number of aromatic nitrogens is 2. The average molecular weight is 222 g/mol. The van der Waals surface area contributed by atoms with Crippen molar-refractivity contribution < 1.29 is 4.74 Å². The first-order valence-electron chi connectivity index (χ1n) is 5.53. The van der Waals surface area contributed by atoms with Crippen molar-refractivity contribution >= 4 is 11.6 Å². The van der Waals surface area contributed by atoms with E-state index in [9.17, 15) is 0 Å². The number of anilines is 2. The zero-order valence-electron chi connectivity index (χ0n) is 9.81. The van der Waals surface area contributed by atoms with E-state index in [0.717, 1.165) is 37.5 Å². The maximum absolute atomic E-state index is 5.78.